The maximum absolute atomic E-state index is 6.03. The van der Waals surface area contributed by atoms with Gasteiger partial charge in [0.15, 0.2) is 6.61 Å². The molecule has 0 atom stereocenters. The molecule has 118 valence electrons. The number of para-hydroxylation sites is 1. The van der Waals surface area contributed by atoms with Crippen LogP contribution in [0.5, 0.6) is 5.75 Å². The van der Waals surface area contributed by atoms with Crippen LogP contribution in [0.15, 0.2) is 58.2 Å². The molecule has 0 amide bonds. The second-order valence-corrected chi connectivity index (χ2v) is 6.29. The van der Waals surface area contributed by atoms with Crippen LogP contribution >= 0.6 is 23.4 Å². The van der Waals surface area contributed by atoms with Gasteiger partial charge < -0.3 is 9.15 Å². The van der Waals surface area contributed by atoms with Crippen LogP contribution in [0.3, 0.4) is 0 Å². The molecule has 3 aromatic rings. The maximum Gasteiger partial charge on any atom is 0.277 e. The van der Waals surface area contributed by atoms with Crippen molar-refractivity contribution < 1.29 is 9.15 Å². The van der Waals surface area contributed by atoms with Gasteiger partial charge >= 0.3 is 0 Å². The lowest BCUT2D eigenvalue weighted by molar-refractivity contribution is 0.252. The van der Waals surface area contributed by atoms with Crippen LogP contribution in [0.1, 0.15) is 17.0 Å². The average molecular weight is 347 g/mol. The Labute approximate surface area is 143 Å². The second-order valence-electron chi connectivity index (χ2n) is 4.96. The summed E-state index contributed by atoms with van der Waals surface area (Å²) >= 11 is 7.53. The van der Waals surface area contributed by atoms with E-state index in [2.05, 4.69) is 41.4 Å². The molecule has 1 heterocycles. The van der Waals surface area contributed by atoms with Crippen LogP contribution in [0, 0.1) is 6.92 Å². The minimum atomic E-state index is 0.196. The van der Waals surface area contributed by atoms with Gasteiger partial charge in [-0.15, -0.1) is 10.2 Å². The van der Waals surface area contributed by atoms with Gasteiger partial charge in [0.25, 0.3) is 11.1 Å². The first kappa shape index (κ1) is 15.9. The topological polar surface area (TPSA) is 48.2 Å². The summed E-state index contributed by atoms with van der Waals surface area (Å²) in [6.45, 7) is 2.27. The number of hydrogen-bond donors (Lipinski definition) is 0. The highest BCUT2D eigenvalue weighted by Crippen LogP contribution is 2.25. The van der Waals surface area contributed by atoms with Crippen LogP contribution in [0.4, 0.5) is 0 Å². The molecule has 6 heteroatoms. The highest BCUT2D eigenvalue weighted by atomic mass is 35.5. The molecular formula is C17H15ClN2O2S. The fourth-order valence-electron chi connectivity index (χ4n) is 1.89. The Hall–Kier alpha value is -1.98. The summed E-state index contributed by atoms with van der Waals surface area (Å²) in [5, 5.41) is 9.09. The largest absolute Gasteiger partial charge is 0.482 e. The number of thioether (sulfide) groups is 1. The van der Waals surface area contributed by atoms with Gasteiger partial charge in [-0.2, -0.15) is 0 Å². The summed E-state index contributed by atoms with van der Waals surface area (Å²) in [5.74, 6) is 1.81. The molecule has 0 saturated heterocycles. The fraction of sp³-hybridized carbons (Fsp3) is 0.176. The number of nitrogens with zero attached hydrogens (tertiary/aromatic N) is 2. The minimum absolute atomic E-state index is 0.196. The lowest BCUT2D eigenvalue weighted by Crippen LogP contribution is -1.95. The molecule has 0 N–H and O–H groups in total. The predicted molar refractivity (Wildman–Crippen MR) is 90.8 cm³/mol. The van der Waals surface area contributed by atoms with E-state index in [0.29, 0.717) is 21.9 Å². The van der Waals surface area contributed by atoms with Gasteiger partial charge in [0.2, 0.25) is 0 Å². The van der Waals surface area contributed by atoms with Crippen molar-refractivity contribution in [3.8, 4) is 5.75 Å². The van der Waals surface area contributed by atoms with Gasteiger partial charge in [0.05, 0.1) is 5.02 Å². The van der Waals surface area contributed by atoms with Gasteiger partial charge in [-0.05, 0) is 24.6 Å². The number of aryl methyl sites for hydroxylation is 1. The van der Waals surface area contributed by atoms with Gasteiger partial charge in [-0.1, -0.05) is 65.3 Å². The summed E-state index contributed by atoms with van der Waals surface area (Å²) in [4.78, 5) is 0. The van der Waals surface area contributed by atoms with E-state index >= 15 is 0 Å². The molecule has 3 rings (SSSR count). The molecule has 23 heavy (non-hydrogen) atoms. The van der Waals surface area contributed by atoms with Crippen LogP contribution in [0.25, 0.3) is 0 Å². The van der Waals surface area contributed by atoms with Gasteiger partial charge in [-0.3, -0.25) is 0 Å². The summed E-state index contributed by atoms with van der Waals surface area (Å²) in [6, 6.07) is 15.7. The van der Waals surface area contributed by atoms with E-state index in [1.807, 2.05) is 12.1 Å². The number of ether oxygens (including phenoxy) is 1. The Balaban J connectivity index is 1.53. The molecule has 0 aliphatic carbocycles. The lowest BCUT2D eigenvalue weighted by atomic mass is 10.2. The molecule has 2 aromatic carbocycles. The van der Waals surface area contributed by atoms with Crippen LogP contribution in [-0.2, 0) is 12.4 Å². The maximum atomic E-state index is 6.03. The first-order chi connectivity index (χ1) is 11.2. The third-order valence-electron chi connectivity index (χ3n) is 3.12. The molecule has 4 nitrogen and oxygen atoms in total. The van der Waals surface area contributed by atoms with E-state index in [9.17, 15) is 0 Å². The molecule has 0 bridgehead atoms. The normalized spacial score (nSPS) is 10.7. The highest BCUT2D eigenvalue weighted by molar-refractivity contribution is 7.98. The van der Waals surface area contributed by atoms with E-state index in [-0.39, 0.29) is 6.61 Å². The Bertz CT molecular complexity index is 774. The third-order valence-corrected chi connectivity index (χ3v) is 4.32. The van der Waals surface area contributed by atoms with Crippen molar-refractivity contribution in [1.29, 1.82) is 0 Å². The van der Waals surface area contributed by atoms with Gasteiger partial charge in [0, 0.05) is 5.75 Å². The SMILES string of the molecule is Cc1ccc(CSc2nnc(COc3ccccc3Cl)o2)cc1. The Morgan fingerprint density at radius 1 is 1.09 bits per heavy atom. The number of hydrogen-bond acceptors (Lipinski definition) is 5. The van der Waals surface area contributed by atoms with Crippen molar-refractivity contribution in [2.75, 3.05) is 0 Å². The van der Waals surface area contributed by atoms with E-state index in [4.69, 9.17) is 20.8 Å². The van der Waals surface area contributed by atoms with Gasteiger partial charge in [0.1, 0.15) is 5.75 Å². The number of rotatable bonds is 6. The number of benzene rings is 2. The van der Waals surface area contributed by atoms with Crippen LogP contribution < -0.4 is 4.74 Å². The zero-order chi connectivity index (χ0) is 16.1. The van der Waals surface area contributed by atoms with E-state index in [1.165, 1.54) is 22.9 Å². The molecule has 0 aliphatic heterocycles. The molecule has 0 aliphatic rings. The first-order valence-corrected chi connectivity index (χ1v) is 8.45. The Morgan fingerprint density at radius 3 is 2.65 bits per heavy atom. The fourth-order valence-corrected chi connectivity index (χ4v) is 2.81. The van der Waals surface area contributed by atoms with Crippen molar-refractivity contribution in [2.24, 2.45) is 0 Å². The molecule has 0 unspecified atom stereocenters. The quantitative estimate of drug-likeness (QED) is 0.594. The Kier molecular flexibility index (Phi) is 5.20. The number of halogens is 1. The summed E-state index contributed by atoms with van der Waals surface area (Å²) in [6.07, 6.45) is 0. The molecule has 0 saturated carbocycles. The van der Waals surface area contributed by atoms with E-state index < -0.39 is 0 Å². The minimum Gasteiger partial charge on any atom is -0.482 e. The molecule has 0 fully saturated rings. The van der Waals surface area contributed by atoms with Gasteiger partial charge in [-0.25, -0.2) is 0 Å². The smallest absolute Gasteiger partial charge is 0.277 e. The highest BCUT2D eigenvalue weighted by Gasteiger charge is 2.09. The summed E-state index contributed by atoms with van der Waals surface area (Å²) in [5.41, 5.74) is 2.46. The van der Waals surface area contributed by atoms with Crippen molar-refractivity contribution in [3.05, 3.63) is 70.6 Å². The summed E-state index contributed by atoms with van der Waals surface area (Å²) in [7, 11) is 0. The monoisotopic (exact) mass is 346 g/mol. The second kappa shape index (κ2) is 7.53. The van der Waals surface area contributed by atoms with Crippen molar-refractivity contribution in [3.63, 3.8) is 0 Å². The zero-order valence-corrected chi connectivity index (χ0v) is 14.1. The summed E-state index contributed by atoms with van der Waals surface area (Å²) < 4.78 is 11.1. The van der Waals surface area contributed by atoms with E-state index in [0.717, 1.165) is 5.75 Å². The van der Waals surface area contributed by atoms with Crippen molar-refractivity contribution in [2.45, 2.75) is 24.5 Å². The molecule has 1 aromatic heterocycles. The molecule has 0 spiro atoms. The van der Waals surface area contributed by atoms with E-state index in [1.54, 1.807) is 12.1 Å². The predicted octanol–water partition coefficient (Wildman–Crippen LogP) is 4.90. The van der Waals surface area contributed by atoms with Crippen LogP contribution in [-0.4, -0.2) is 10.2 Å². The van der Waals surface area contributed by atoms with Crippen LogP contribution in [0.2, 0.25) is 5.02 Å². The first-order valence-electron chi connectivity index (χ1n) is 7.09. The lowest BCUT2D eigenvalue weighted by Gasteiger charge is -2.04. The molecule has 0 radical (unpaired) electrons. The standard InChI is InChI=1S/C17H15ClN2O2S/c1-12-6-8-13(9-7-12)11-23-17-20-19-16(22-17)10-21-15-5-3-2-4-14(15)18/h2-9H,10-11H2,1H3. The number of aromatic nitrogens is 2. The third kappa shape index (κ3) is 4.50. The Morgan fingerprint density at radius 2 is 1.87 bits per heavy atom. The van der Waals surface area contributed by atoms with Crippen molar-refractivity contribution in [1.82, 2.24) is 10.2 Å². The van der Waals surface area contributed by atoms with Crippen molar-refractivity contribution >= 4 is 23.4 Å². The average Bonchev–Trinajstić information content (AvgIpc) is 3.02. The molecular weight excluding hydrogens is 332 g/mol. The zero-order valence-electron chi connectivity index (χ0n) is 12.5.